The average molecular weight is 582 g/mol. The summed E-state index contributed by atoms with van der Waals surface area (Å²) in [6.07, 6.45) is 3.75. The van der Waals surface area contributed by atoms with Crippen LogP contribution in [-0.4, -0.2) is 66.0 Å². The molecule has 4 amide bonds. The fraction of sp³-hybridized carbons (Fsp3) is 0.467. The lowest BCUT2D eigenvalue weighted by Gasteiger charge is -2.26. The molecule has 226 valence electrons. The standard InChI is InChI=1S/C30H39N5O7/c1-5-41-25(36)12-11-22(17-21-13-14-31-27(21)37)32-28(38)23(16-20-9-7-6-8-10-20)33-30(40)26(18(2)3)34-29(39)24-15-19(4)42-35-24/h6-12,15,18,21-23,26H,5,13-14,16-17H2,1-4H3,(H,31,37)(H,32,38)(H,33,40)(H,34,39)/b12-11+/t21-,22+,23-,26-/m0/s1. The molecule has 0 aliphatic carbocycles. The Morgan fingerprint density at radius 2 is 1.86 bits per heavy atom. The first-order chi connectivity index (χ1) is 20.1. The fourth-order valence-corrected chi connectivity index (χ4v) is 4.57. The molecule has 1 aliphatic heterocycles. The summed E-state index contributed by atoms with van der Waals surface area (Å²) in [4.78, 5) is 64.1. The number of aromatic nitrogens is 1. The summed E-state index contributed by atoms with van der Waals surface area (Å²) in [5.41, 5.74) is 0.839. The van der Waals surface area contributed by atoms with E-state index in [9.17, 15) is 24.0 Å². The van der Waals surface area contributed by atoms with E-state index in [2.05, 4.69) is 26.4 Å². The number of carbonyl (C=O) groups excluding carboxylic acids is 5. The average Bonchev–Trinajstić information content (AvgIpc) is 3.57. The third kappa shape index (κ3) is 9.57. The molecule has 2 aromatic rings. The van der Waals surface area contributed by atoms with Gasteiger partial charge in [0.05, 0.1) is 6.61 Å². The van der Waals surface area contributed by atoms with Crippen LogP contribution in [0, 0.1) is 18.8 Å². The number of carbonyl (C=O) groups is 5. The number of esters is 1. The van der Waals surface area contributed by atoms with E-state index in [1.807, 2.05) is 30.3 Å². The summed E-state index contributed by atoms with van der Waals surface area (Å²) in [5, 5.41) is 14.8. The summed E-state index contributed by atoms with van der Waals surface area (Å²) in [5.74, 6) is -2.54. The summed E-state index contributed by atoms with van der Waals surface area (Å²) < 4.78 is 9.93. The molecule has 3 rings (SSSR count). The highest BCUT2D eigenvalue weighted by atomic mass is 16.5. The van der Waals surface area contributed by atoms with E-state index < -0.39 is 41.8 Å². The van der Waals surface area contributed by atoms with E-state index in [-0.39, 0.29) is 42.9 Å². The van der Waals surface area contributed by atoms with Crippen LogP contribution in [-0.2, 0) is 30.3 Å². The molecule has 42 heavy (non-hydrogen) atoms. The van der Waals surface area contributed by atoms with E-state index in [1.54, 1.807) is 27.7 Å². The van der Waals surface area contributed by atoms with Crippen molar-refractivity contribution in [1.29, 1.82) is 0 Å². The Kier molecular flexibility index (Phi) is 11.8. The number of hydrogen-bond donors (Lipinski definition) is 4. The fourth-order valence-electron chi connectivity index (χ4n) is 4.57. The van der Waals surface area contributed by atoms with Crippen molar-refractivity contribution in [2.45, 2.75) is 65.1 Å². The second-order valence-corrected chi connectivity index (χ2v) is 10.5. The van der Waals surface area contributed by atoms with E-state index in [0.717, 1.165) is 5.56 Å². The zero-order valence-electron chi connectivity index (χ0n) is 24.3. The van der Waals surface area contributed by atoms with Gasteiger partial charge in [0.2, 0.25) is 17.7 Å². The number of ether oxygens (including phenoxy) is 1. The molecule has 0 radical (unpaired) electrons. The van der Waals surface area contributed by atoms with Crippen LogP contribution in [0.5, 0.6) is 0 Å². The maximum atomic E-state index is 13.7. The Hall–Kier alpha value is -4.48. The van der Waals surface area contributed by atoms with Gasteiger partial charge in [0.15, 0.2) is 5.69 Å². The minimum absolute atomic E-state index is 0.0386. The van der Waals surface area contributed by atoms with E-state index in [1.165, 1.54) is 18.2 Å². The highest BCUT2D eigenvalue weighted by Crippen LogP contribution is 2.17. The van der Waals surface area contributed by atoms with Gasteiger partial charge in [0.25, 0.3) is 5.91 Å². The third-order valence-corrected chi connectivity index (χ3v) is 6.79. The lowest BCUT2D eigenvalue weighted by molar-refractivity contribution is -0.137. The van der Waals surface area contributed by atoms with Gasteiger partial charge in [-0.3, -0.25) is 19.2 Å². The van der Waals surface area contributed by atoms with Crippen molar-refractivity contribution >= 4 is 29.6 Å². The van der Waals surface area contributed by atoms with Crippen molar-refractivity contribution in [2.75, 3.05) is 13.2 Å². The van der Waals surface area contributed by atoms with Crippen molar-refractivity contribution in [3.63, 3.8) is 0 Å². The highest BCUT2D eigenvalue weighted by molar-refractivity contribution is 5.97. The summed E-state index contributed by atoms with van der Waals surface area (Å²) in [6, 6.07) is 7.96. The van der Waals surface area contributed by atoms with E-state index >= 15 is 0 Å². The predicted octanol–water partition coefficient (Wildman–Crippen LogP) is 1.60. The van der Waals surface area contributed by atoms with Crippen LogP contribution in [0.1, 0.15) is 55.4 Å². The quantitative estimate of drug-likeness (QED) is 0.193. The minimum atomic E-state index is -1.02. The Bertz CT molecular complexity index is 1270. The molecule has 1 fully saturated rings. The Morgan fingerprint density at radius 3 is 2.45 bits per heavy atom. The normalized spacial score (nSPS) is 16.9. The lowest BCUT2D eigenvalue weighted by Crippen LogP contribution is -2.57. The van der Waals surface area contributed by atoms with Gasteiger partial charge < -0.3 is 30.5 Å². The first-order valence-electron chi connectivity index (χ1n) is 14.1. The van der Waals surface area contributed by atoms with Crippen LogP contribution in [0.15, 0.2) is 53.1 Å². The number of nitrogens with zero attached hydrogens (tertiary/aromatic N) is 1. The van der Waals surface area contributed by atoms with Crippen LogP contribution in [0.2, 0.25) is 0 Å². The maximum Gasteiger partial charge on any atom is 0.330 e. The van der Waals surface area contributed by atoms with Crippen molar-refractivity contribution in [3.05, 3.63) is 65.6 Å². The molecule has 0 spiro atoms. The third-order valence-electron chi connectivity index (χ3n) is 6.79. The van der Waals surface area contributed by atoms with Crippen molar-refractivity contribution in [3.8, 4) is 0 Å². The smallest absolute Gasteiger partial charge is 0.330 e. The number of nitrogens with one attached hydrogen (secondary N) is 4. The Balaban J connectivity index is 1.80. The van der Waals surface area contributed by atoms with Gasteiger partial charge in [-0.1, -0.05) is 55.4 Å². The van der Waals surface area contributed by atoms with Crippen LogP contribution in [0.4, 0.5) is 0 Å². The van der Waals surface area contributed by atoms with Crippen LogP contribution in [0.25, 0.3) is 0 Å². The van der Waals surface area contributed by atoms with E-state index in [4.69, 9.17) is 9.26 Å². The predicted molar refractivity (Wildman–Crippen MR) is 153 cm³/mol. The number of amides is 4. The molecule has 1 aromatic carbocycles. The van der Waals surface area contributed by atoms with Gasteiger partial charge in [0, 0.05) is 37.1 Å². The Morgan fingerprint density at radius 1 is 1.12 bits per heavy atom. The molecule has 12 heteroatoms. The van der Waals surface area contributed by atoms with Crippen LogP contribution < -0.4 is 21.3 Å². The van der Waals surface area contributed by atoms with Crippen LogP contribution >= 0.6 is 0 Å². The minimum Gasteiger partial charge on any atom is -0.463 e. The molecule has 4 N–H and O–H groups in total. The van der Waals surface area contributed by atoms with Crippen molar-refractivity contribution < 1.29 is 33.2 Å². The van der Waals surface area contributed by atoms with Gasteiger partial charge >= 0.3 is 5.97 Å². The number of benzene rings is 1. The molecule has 4 atom stereocenters. The second kappa shape index (κ2) is 15.5. The molecule has 2 heterocycles. The largest absolute Gasteiger partial charge is 0.463 e. The summed E-state index contributed by atoms with van der Waals surface area (Å²) in [7, 11) is 0. The summed E-state index contributed by atoms with van der Waals surface area (Å²) >= 11 is 0. The van der Waals surface area contributed by atoms with Gasteiger partial charge in [0.1, 0.15) is 17.8 Å². The van der Waals surface area contributed by atoms with Gasteiger partial charge in [-0.05, 0) is 38.2 Å². The van der Waals surface area contributed by atoms with Gasteiger partial charge in [-0.25, -0.2) is 4.79 Å². The molecule has 1 saturated heterocycles. The molecule has 0 bridgehead atoms. The summed E-state index contributed by atoms with van der Waals surface area (Å²) in [6.45, 7) is 7.61. The van der Waals surface area contributed by atoms with Gasteiger partial charge in [-0.15, -0.1) is 0 Å². The van der Waals surface area contributed by atoms with Gasteiger partial charge in [-0.2, -0.15) is 0 Å². The number of rotatable bonds is 14. The first-order valence-corrected chi connectivity index (χ1v) is 14.1. The maximum absolute atomic E-state index is 13.7. The Labute approximate surface area is 245 Å². The molecule has 12 nitrogen and oxygen atoms in total. The van der Waals surface area contributed by atoms with Crippen LogP contribution in [0.3, 0.4) is 0 Å². The highest BCUT2D eigenvalue weighted by Gasteiger charge is 2.32. The molecule has 0 unspecified atom stereocenters. The molecular formula is C30H39N5O7. The molecular weight excluding hydrogens is 542 g/mol. The second-order valence-electron chi connectivity index (χ2n) is 10.5. The topological polar surface area (TPSA) is 169 Å². The molecule has 1 aliphatic rings. The zero-order valence-corrected chi connectivity index (χ0v) is 24.3. The molecule has 0 saturated carbocycles. The van der Waals surface area contributed by atoms with Crippen molar-refractivity contribution in [1.82, 2.24) is 26.4 Å². The first kappa shape index (κ1) is 32.0. The SMILES string of the molecule is CCOC(=O)/C=C/[C@H](C[C@@H]1CCNC1=O)NC(=O)[C@H](Cc1ccccc1)NC(=O)[C@@H](NC(=O)c1cc(C)on1)C(C)C. The number of hydrogen-bond acceptors (Lipinski definition) is 8. The number of aryl methyl sites for hydroxylation is 1. The van der Waals surface area contributed by atoms with Crippen molar-refractivity contribution in [2.24, 2.45) is 11.8 Å². The lowest BCUT2D eigenvalue weighted by atomic mass is 9.97. The monoisotopic (exact) mass is 581 g/mol. The zero-order chi connectivity index (χ0) is 30.6. The van der Waals surface area contributed by atoms with E-state index in [0.29, 0.717) is 18.7 Å². The molecule has 1 aromatic heterocycles.